The lowest BCUT2D eigenvalue weighted by molar-refractivity contribution is -0.384. The number of carbonyl (C=O) groups excluding carboxylic acids is 2. The van der Waals surface area contributed by atoms with Crippen LogP contribution in [0.3, 0.4) is 0 Å². The molecule has 4 aliphatic rings. The number of hydrogen-bond acceptors (Lipinski definition) is 12. The van der Waals surface area contributed by atoms with E-state index in [1.165, 1.54) is 29.3 Å². The highest BCUT2D eigenvalue weighted by Crippen LogP contribution is 2.34. The molecule has 2 saturated heterocycles. The van der Waals surface area contributed by atoms with Crippen LogP contribution in [0.15, 0.2) is 83.9 Å². The predicted molar refractivity (Wildman–Crippen MR) is 231 cm³/mol. The molecule has 15 nitrogen and oxygen atoms in total. The van der Waals surface area contributed by atoms with Gasteiger partial charge in [-0.2, -0.15) is 0 Å². The van der Waals surface area contributed by atoms with Crippen molar-refractivity contribution in [3.63, 3.8) is 0 Å². The number of aromatic nitrogens is 1. The molecule has 1 aliphatic carbocycles. The number of rotatable bonds is 13. The molecule has 2 amide bonds. The number of fused-ring (bicyclic) bond motifs is 2. The first kappa shape index (κ1) is 41.9. The van der Waals surface area contributed by atoms with Crippen molar-refractivity contribution in [1.82, 2.24) is 19.5 Å². The maximum Gasteiger partial charge on any atom is 0.293 e. The van der Waals surface area contributed by atoms with Gasteiger partial charge in [0.15, 0.2) is 0 Å². The first-order valence-corrected chi connectivity index (χ1v) is 22.4. The molecule has 61 heavy (non-hydrogen) atoms. The van der Waals surface area contributed by atoms with Crippen LogP contribution >= 0.6 is 0 Å². The van der Waals surface area contributed by atoms with Crippen molar-refractivity contribution in [3.8, 4) is 11.5 Å². The Labute approximate surface area is 355 Å². The van der Waals surface area contributed by atoms with Gasteiger partial charge in [0.1, 0.15) is 17.2 Å². The fourth-order valence-corrected chi connectivity index (χ4v) is 9.50. The number of allylic oxidation sites excluding steroid dienone is 1. The highest BCUT2D eigenvalue weighted by atomic mass is 32.2. The Hall–Kier alpha value is -5.84. The molecule has 0 spiro atoms. The van der Waals surface area contributed by atoms with Gasteiger partial charge in [-0.25, -0.2) is 13.1 Å². The number of nitrogens with one attached hydrogen (secondary N) is 2. The first-order chi connectivity index (χ1) is 29.4. The Morgan fingerprint density at radius 2 is 1.77 bits per heavy atom. The Morgan fingerprint density at radius 1 is 1.00 bits per heavy atom. The maximum atomic E-state index is 13.9. The van der Waals surface area contributed by atoms with E-state index in [0.717, 1.165) is 61.9 Å². The zero-order valence-electron chi connectivity index (χ0n) is 34.4. The molecule has 2 fully saturated rings. The number of benzene rings is 3. The van der Waals surface area contributed by atoms with E-state index in [4.69, 9.17) is 9.47 Å². The van der Waals surface area contributed by atoms with Gasteiger partial charge >= 0.3 is 0 Å². The van der Waals surface area contributed by atoms with E-state index in [1.807, 2.05) is 43.0 Å². The van der Waals surface area contributed by atoms with Crippen LogP contribution in [0.2, 0.25) is 0 Å². The van der Waals surface area contributed by atoms with Crippen LogP contribution in [-0.4, -0.2) is 98.5 Å². The van der Waals surface area contributed by atoms with Crippen LogP contribution in [0.25, 0.3) is 6.08 Å². The van der Waals surface area contributed by atoms with E-state index in [0.29, 0.717) is 51.6 Å². The number of nitro benzene ring substituents is 1. The number of nitro groups is 1. The van der Waals surface area contributed by atoms with E-state index in [-0.39, 0.29) is 40.8 Å². The quantitative estimate of drug-likeness (QED) is 0.118. The molecule has 0 radical (unpaired) electrons. The van der Waals surface area contributed by atoms with Gasteiger partial charge in [0.05, 0.1) is 27.3 Å². The number of amides is 2. The summed E-state index contributed by atoms with van der Waals surface area (Å²) >= 11 is 0. The highest BCUT2D eigenvalue weighted by molar-refractivity contribution is 7.90. The molecule has 320 valence electrons. The van der Waals surface area contributed by atoms with Crippen LogP contribution in [0.1, 0.15) is 59.4 Å². The summed E-state index contributed by atoms with van der Waals surface area (Å²) in [5.74, 6) is -0.133. The summed E-state index contributed by atoms with van der Waals surface area (Å²) in [5, 5.41) is 15.2. The number of pyridine rings is 1. The molecule has 16 heteroatoms. The van der Waals surface area contributed by atoms with E-state index < -0.39 is 31.4 Å². The van der Waals surface area contributed by atoms with Crippen LogP contribution in [0, 0.1) is 22.0 Å². The van der Waals surface area contributed by atoms with Gasteiger partial charge in [-0.15, -0.1) is 0 Å². The molecule has 0 bridgehead atoms. The molecule has 2 N–H and O–H groups in total. The van der Waals surface area contributed by atoms with Crippen molar-refractivity contribution in [3.05, 3.63) is 117 Å². The summed E-state index contributed by atoms with van der Waals surface area (Å²) in [7, 11) is -4.56. The largest absolute Gasteiger partial charge is 0.455 e. The summed E-state index contributed by atoms with van der Waals surface area (Å²) < 4.78 is 41.2. The summed E-state index contributed by atoms with van der Waals surface area (Å²) in [6.07, 6.45) is 8.66. The fourth-order valence-electron chi connectivity index (χ4n) is 8.51. The molecular formula is C45H51N7O8S. The summed E-state index contributed by atoms with van der Waals surface area (Å²) in [5.41, 5.74) is 4.78. The van der Waals surface area contributed by atoms with Gasteiger partial charge in [0.2, 0.25) is 5.91 Å². The molecular weight excluding hydrogens is 799 g/mol. The number of carbonyl (C=O) groups is 2. The fraction of sp³-hybridized carbons (Fsp3) is 0.400. The molecule has 8 rings (SSSR count). The molecule has 0 saturated carbocycles. The number of hydrogen-bond donors (Lipinski definition) is 2. The predicted octanol–water partition coefficient (Wildman–Crippen LogP) is 6.04. The monoisotopic (exact) mass is 849 g/mol. The zero-order valence-corrected chi connectivity index (χ0v) is 35.2. The van der Waals surface area contributed by atoms with Crippen molar-refractivity contribution in [1.29, 1.82) is 0 Å². The minimum atomic E-state index is -4.56. The van der Waals surface area contributed by atoms with Gasteiger partial charge in [-0.05, 0) is 72.2 Å². The van der Waals surface area contributed by atoms with Crippen molar-refractivity contribution < 1.29 is 32.4 Å². The van der Waals surface area contributed by atoms with Gasteiger partial charge in [-0.3, -0.25) is 29.6 Å². The lowest BCUT2D eigenvalue weighted by Gasteiger charge is -2.43. The van der Waals surface area contributed by atoms with E-state index in [9.17, 15) is 28.1 Å². The minimum Gasteiger partial charge on any atom is -0.455 e. The minimum absolute atomic E-state index is 0.0428. The Bertz CT molecular complexity index is 2440. The zero-order chi connectivity index (χ0) is 42.7. The van der Waals surface area contributed by atoms with E-state index in [1.54, 1.807) is 18.3 Å². The Kier molecular flexibility index (Phi) is 12.4. The van der Waals surface area contributed by atoms with Gasteiger partial charge < -0.3 is 24.6 Å². The number of anilines is 2. The van der Waals surface area contributed by atoms with Crippen LogP contribution in [0.4, 0.5) is 17.1 Å². The summed E-state index contributed by atoms with van der Waals surface area (Å²) in [4.78, 5) is 49.4. The third-order valence-electron chi connectivity index (χ3n) is 12.0. The maximum absolute atomic E-state index is 13.9. The molecule has 4 aromatic rings. The van der Waals surface area contributed by atoms with Crippen LogP contribution in [0.5, 0.6) is 11.5 Å². The number of sulfonamides is 1. The number of piperazine rings is 1. The summed E-state index contributed by atoms with van der Waals surface area (Å²) in [6, 6.07) is 18.8. The van der Waals surface area contributed by atoms with Crippen molar-refractivity contribution in [2.75, 3.05) is 62.7 Å². The number of ether oxygens (including phenoxy) is 2. The second-order valence-electron chi connectivity index (χ2n) is 16.4. The van der Waals surface area contributed by atoms with Gasteiger partial charge in [0.25, 0.3) is 21.6 Å². The van der Waals surface area contributed by atoms with Gasteiger partial charge in [0, 0.05) is 95.2 Å². The smallest absolute Gasteiger partial charge is 0.293 e. The highest BCUT2D eigenvalue weighted by Gasteiger charge is 2.33. The van der Waals surface area contributed by atoms with Crippen molar-refractivity contribution >= 4 is 45.0 Å². The third kappa shape index (κ3) is 9.56. The Morgan fingerprint density at radius 3 is 2.52 bits per heavy atom. The molecule has 1 atom stereocenters. The average molecular weight is 850 g/mol. The van der Waals surface area contributed by atoms with Crippen molar-refractivity contribution in [2.45, 2.75) is 57.0 Å². The summed E-state index contributed by atoms with van der Waals surface area (Å²) in [6.45, 7) is 9.82. The lowest BCUT2D eigenvalue weighted by Crippen LogP contribution is -2.55. The van der Waals surface area contributed by atoms with E-state index >= 15 is 0 Å². The van der Waals surface area contributed by atoms with Gasteiger partial charge in [-0.1, -0.05) is 50.3 Å². The molecule has 3 aromatic carbocycles. The Balaban J connectivity index is 0.990. The molecule has 4 heterocycles. The molecule has 1 aromatic heterocycles. The van der Waals surface area contributed by atoms with Crippen LogP contribution < -0.4 is 19.7 Å². The average Bonchev–Trinajstić information content (AvgIpc) is 3.73. The topological polar surface area (TPSA) is 177 Å². The lowest BCUT2D eigenvalue weighted by atomic mass is 9.92. The van der Waals surface area contributed by atoms with E-state index in [2.05, 4.69) is 43.0 Å². The second-order valence-corrected chi connectivity index (χ2v) is 18.1. The molecule has 0 unspecified atom stereocenters. The second kappa shape index (κ2) is 18.0. The third-order valence-corrected chi connectivity index (χ3v) is 13.3. The standard InChI is InChI=1S/C45H51N7O8S/c1-30(2)45(54)51-28-34-7-4-3-6-32(34)22-36(51)29-49-16-18-50(19-17-49)35-10-12-39(43(24-35)60-37-23-33-8-5-9-40(33)47-27-37)44(53)48-61(57,58)38-11-13-41(42(25-38)52(55)56)46-26-31-14-20-59-21-15-31/h3-8,10-13,23-25,27,30-31,36,46H,9,14-22,26,28-29H2,1-2H3,(H,48,53)/t36-/m1/s1. The number of nitrogens with zero attached hydrogens (tertiary/aromatic N) is 5. The van der Waals surface area contributed by atoms with Crippen LogP contribution in [-0.2, 0) is 38.9 Å². The molecule has 3 aliphatic heterocycles. The normalized spacial score (nSPS) is 18.1. The van der Waals surface area contributed by atoms with Crippen molar-refractivity contribution in [2.24, 2.45) is 11.8 Å². The SMILES string of the molecule is CC(C)C(=O)N1Cc2ccccc2C[C@@H]1CN1CCN(c2ccc(C(=O)NS(=O)(=O)c3ccc(NCC4CCOCC4)c([N+](=O)[O-])c3)c(Oc3cnc4c(c3)C=CC4)c2)CC1. The first-order valence-electron chi connectivity index (χ1n) is 20.9.